The average Bonchev–Trinajstić information content (AvgIpc) is 2.44. The van der Waals surface area contributed by atoms with Crippen molar-refractivity contribution in [2.75, 3.05) is 26.0 Å². The highest BCUT2D eigenvalue weighted by molar-refractivity contribution is 9.09. The van der Waals surface area contributed by atoms with Crippen LogP contribution < -0.4 is 0 Å². The highest BCUT2D eigenvalue weighted by Crippen LogP contribution is 2.23. The van der Waals surface area contributed by atoms with Crippen LogP contribution in [0.3, 0.4) is 0 Å². The predicted octanol–water partition coefficient (Wildman–Crippen LogP) is 4.17. The minimum absolute atomic E-state index is 0.166. The first-order chi connectivity index (χ1) is 9.58. The largest absolute Gasteiger partial charge is 0.329 e. The zero-order chi connectivity index (χ0) is 14.6. The van der Waals surface area contributed by atoms with Crippen molar-refractivity contribution in [2.24, 2.45) is 0 Å². The molecule has 0 saturated carbocycles. The Morgan fingerprint density at radius 1 is 1.10 bits per heavy atom. The van der Waals surface area contributed by atoms with E-state index in [2.05, 4.69) is 72.5 Å². The van der Waals surface area contributed by atoms with Crippen molar-refractivity contribution < 1.29 is 9.22 Å². The Morgan fingerprint density at radius 2 is 1.80 bits per heavy atom. The number of ether oxygens (including phenoxy) is 1. The molecule has 1 atom stereocenters. The zero-order valence-electron chi connectivity index (χ0n) is 12.5. The van der Waals surface area contributed by atoms with Crippen LogP contribution in [0.5, 0.6) is 0 Å². The van der Waals surface area contributed by atoms with Gasteiger partial charge in [0.05, 0.1) is 26.0 Å². The van der Waals surface area contributed by atoms with Crippen LogP contribution in [0.25, 0.3) is 10.8 Å². The number of benzene rings is 2. The van der Waals surface area contributed by atoms with Crippen LogP contribution in [0, 0.1) is 0 Å². The third-order valence-electron chi connectivity index (χ3n) is 3.73. The summed E-state index contributed by atoms with van der Waals surface area (Å²) < 4.78 is 6.68. The Labute approximate surface area is 130 Å². The lowest BCUT2D eigenvalue weighted by Crippen LogP contribution is -2.50. The molecule has 0 fully saturated rings. The Bertz CT molecular complexity index is 562. The molecular weight excluding hydrogens is 314 g/mol. The van der Waals surface area contributed by atoms with Crippen LogP contribution in [0.1, 0.15) is 12.5 Å². The Hall–Kier alpha value is -0.900. The molecule has 2 aromatic rings. The van der Waals surface area contributed by atoms with Crippen molar-refractivity contribution in [2.45, 2.75) is 19.7 Å². The second-order valence-electron chi connectivity index (χ2n) is 5.64. The molecule has 0 bridgehead atoms. The van der Waals surface area contributed by atoms with Crippen LogP contribution in [-0.4, -0.2) is 36.7 Å². The molecule has 0 aromatic heterocycles. The molecular formula is C17H23BrNO+. The van der Waals surface area contributed by atoms with Crippen molar-refractivity contribution in [1.82, 2.24) is 0 Å². The van der Waals surface area contributed by atoms with Crippen LogP contribution in [0.2, 0.25) is 0 Å². The van der Waals surface area contributed by atoms with Gasteiger partial charge in [0.15, 0.2) is 0 Å². The minimum atomic E-state index is 0.166. The van der Waals surface area contributed by atoms with Gasteiger partial charge in [0.25, 0.3) is 0 Å². The molecule has 0 aliphatic rings. The van der Waals surface area contributed by atoms with E-state index in [-0.39, 0.29) is 6.23 Å². The minimum Gasteiger partial charge on any atom is -0.329 e. The Balaban J connectivity index is 2.31. The lowest BCUT2D eigenvalue weighted by atomic mass is 10.0. The van der Waals surface area contributed by atoms with Gasteiger partial charge in [-0.2, -0.15) is 0 Å². The van der Waals surface area contributed by atoms with Crippen LogP contribution in [0.4, 0.5) is 0 Å². The second-order valence-corrected chi connectivity index (χ2v) is 6.29. The van der Waals surface area contributed by atoms with E-state index in [1.165, 1.54) is 16.3 Å². The zero-order valence-corrected chi connectivity index (χ0v) is 14.1. The fourth-order valence-electron chi connectivity index (χ4n) is 2.60. The molecule has 0 radical (unpaired) electrons. The number of rotatable bonds is 6. The predicted molar refractivity (Wildman–Crippen MR) is 89.0 cm³/mol. The topological polar surface area (TPSA) is 9.23 Å². The van der Waals surface area contributed by atoms with E-state index in [9.17, 15) is 0 Å². The number of nitrogens with zero attached hydrogens (tertiary/aromatic N) is 1. The van der Waals surface area contributed by atoms with Gasteiger partial charge in [0.1, 0.15) is 6.54 Å². The van der Waals surface area contributed by atoms with E-state index in [4.69, 9.17) is 4.74 Å². The standard InChI is InChI=1S/C17H23BrNO/c1-4-20-17(12-18)19(2,3)13-15-10-7-9-14-8-5-6-11-16(14)15/h5-11,17H,4,12-13H2,1-3H3/q+1/t17-/m1/s1. The molecule has 0 aliphatic carbocycles. The van der Waals surface area contributed by atoms with Gasteiger partial charge in [0.2, 0.25) is 6.23 Å². The lowest BCUT2D eigenvalue weighted by molar-refractivity contribution is -0.946. The molecule has 3 heteroatoms. The summed E-state index contributed by atoms with van der Waals surface area (Å²) in [6.45, 7) is 3.75. The van der Waals surface area contributed by atoms with Gasteiger partial charge >= 0.3 is 0 Å². The summed E-state index contributed by atoms with van der Waals surface area (Å²) in [5.74, 6) is 0. The van der Waals surface area contributed by atoms with E-state index in [1.807, 2.05) is 6.92 Å². The van der Waals surface area contributed by atoms with Crippen molar-refractivity contribution in [3.8, 4) is 0 Å². The number of hydrogen-bond acceptors (Lipinski definition) is 1. The van der Waals surface area contributed by atoms with Crippen molar-refractivity contribution in [1.29, 1.82) is 0 Å². The van der Waals surface area contributed by atoms with Gasteiger partial charge in [-0.05, 0) is 17.7 Å². The molecule has 2 rings (SSSR count). The number of alkyl halides is 1. The van der Waals surface area contributed by atoms with E-state index in [0.29, 0.717) is 0 Å². The molecule has 2 nitrogen and oxygen atoms in total. The van der Waals surface area contributed by atoms with Gasteiger partial charge < -0.3 is 4.74 Å². The fourth-order valence-corrected chi connectivity index (χ4v) is 3.57. The monoisotopic (exact) mass is 336 g/mol. The average molecular weight is 337 g/mol. The van der Waals surface area contributed by atoms with Crippen LogP contribution >= 0.6 is 15.9 Å². The third-order valence-corrected chi connectivity index (χ3v) is 4.28. The molecule has 0 aliphatic heterocycles. The lowest BCUT2D eigenvalue weighted by Gasteiger charge is -2.36. The number of fused-ring (bicyclic) bond motifs is 1. The van der Waals surface area contributed by atoms with Gasteiger partial charge in [-0.1, -0.05) is 58.4 Å². The smallest absolute Gasteiger partial charge is 0.202 e. The summed E-state index contributed by atoms with van der Waals surface area (Å²) in [5, 5.41) is 3.49. The van der Waals surface area contributed by atoms with Crippen LogP contribution in [-0.2, 0) is 11.3 Å². The maximum absolute atomic E-state index is 5.87. The quantitative estimate of drug-likeness (QED) is 0.437. The van der Waals surface area contributed by atoms with E-state index in [0.717, 1.165) is 23.0 Å². The van der Waals surface area contributed by atoms with Crippen molar-refractivity contribution in [3.63, 3.8) is 0 Å². The number of halogens is 1. The molecule has 108 valence electrons. The summed E-state index contributed by atoms with van der Waals surface area (Å²) in [4.78, 5) is 0. The SMILES string of the molecule is CCO[C@H](CBr)[N+](C)(C)Cc1cccc2ccccc12. The van der Waals surface area contributed by atoms with Crippen molar-refractivity contribution >= 4 is 26.7 Å². The molecule has 0 N–H and O–H groups in total. The molecule has 0 amide bonds. The first kappa shape index (κ1) is 15.5. The normalized spacial score (nSPS) is 13.6. The molecule has 0 saturated heterocycles. The molecule has 20 heavy (non-hydrogen) atoms. The van der Waals surface area contributed by atoms with E-state index >= 15 is 0 Å². The highest BCUT2D eigenvalue weighted by atomic mass is 79.9. The van der Waals surface area contributed by atoms with E-state index < -0.39 is 0 Å². The summed E-state index contributed by atoms with van der Waals surface area (Å²) in [7, 11) is 4.45. The summed E-state index contributed by atoms with van der Waals surface area (Å²) in [6.07, 6.45) is 0.166. The summed E-state index contributed by atoms with van der Waals surface area (Å²) in [6, 6.07) is 15.1. The number of quaternary nitrogens is 1. The molecule has 2 aromatic carbocycles. The first-order valence-corrected chi connectivity index (χ1v) is 8.17. The van der Waals surface area contributed by atoms with Crippen LogP contribution in [0.15, 0.2) is 42.5 Å². The van der Waals surface area contributed by atoms with E-state index in [1.54, 1.807) is 0 Å². The maximum atomic E-state index is 5.87. The van der Waals surface area contributed by atoms with Crippen molar-refractivity contribution in [3.05, 3.63) is 48.0 Å². The second kappa shape index (κ2) is 6.70. The third kappa shape index (κ3) is 3.40. The molecule has 0 unspecified atom stereocenters. The Kier molecular flexibility index (Phi) is 5.19. The van der Waals surface area contributed by atoms with Gasteiger partial charge in [-0.3, -0.25) is 4.48 Å². The maximum Gasteiger partial charge on any atom is 0.202 e. The van der Waals surface area contributed by atoms with Gasteiger partial charge in [0, 0.05) is 5.56 Å². The summed E-state index contributed by atoms with van der Waals surface area (Å²) in [5.41, 5.74) is 1.37. The number of hydrogen-bond donors (Lipinski definition) is 0. The van der Waals surface area contributed by atoms with Gasteiger partial charge in [-0.15, -0.1) is 0 Å². The molecule has 0 heterocycles. The Morgan fingerprint density at radius 3 is 2.50 bits per heavy atom. The fraction of sp³-hybridized carbons (Fsp3) is 0.412. The summed E-state index contributed by atoms with van der Waals surface area (Å²) >= 11 is 3.58. The first-order valence-electron chi connectivity index (χ1n) is 7.05. The van der Waals surface area contributed by atoms with Gasteiger partial charge in [-0.25, -0.2) is 0 Å². The molecule has 0 spiro atoms. The highest BCUT2D eigenvalue weighted by Gasteiger charge is 2.28.